The summed E-state index contributed by atoms with van der Waals surface area (Å²) in [5.74, 6) is -0.760. The van der Waals surface area contributed by atoms with Gasteiger partial charge in [-0.1, -0.05) is 0 Å². The molecule has 0 amide bonds. The van der Waals surface area contributed by atoms with E-state index >= 15 is 0 Å². The van der Waals surface area contributed by atoms with Crippen LogP contribution in [0.2, 0.25) is 0 Å². The summed E-state index contributed by atoms with van der Waals surface area (Å²) in [5.41, 5.74) is 6.65. The van der Waals surface area contributed by atoms with E-state index in [-0.39, 0.29) is 5.82 Å². The van der Waals surface area contributed by atoms with Crippen molar-refractivity contribution in [2.75, 3.05) is 6.61 Å². The van der Waals surface area contributed by atoms with Crippen LogP contribution in [0.4, 0.5) is 4.39 Å². The first-order chi connectivity index (χ1) is 7.96. The molecule has 1 unspecified atom stereocenters. The largest absolute Gasteiger partial charge is 0.465 e. The highest BCUT2D eigenvalue weighted by Crippen LogP contribution is 2.32. The summed E-state index contributed by atoms with van der Waals surface area (Å²) in [7, 11) is 0. The highest BCUT2D eigenvalue weighted by molar-refractivity contribution is 9.10. The fraction of sp³-hybridized carbons (Fsp3) is 0.417. The highest BCUT2D eigenvalue weighted by Gasteiger charge is 2.42. The van der Waals surface area contributed by atoms with Crippen molar-refractivity contribution >= 4 is 21.9 Å². The number of hydrogen-bond acceptors (Lipinski definition) is 3. The molecule has 0 aromatic heterocycles. The number of ether oxygens (including phenoxy) is 1. The summed E-state index contributed by atoms with van der Waals surface area (Å²) in [6, 6.07) is 3.10. The summed E-state index contributed by atoms with van der Waals surface area (Å²) >= 11 is 3.12. The number of hydrogen-bond donors (Lipinski definition) is 1. The van der Waals surface area contributed by atoms with E-state index in [2.05, 4.69) is 15.9 Å². The van der Waals surface area contributed by atoms with Gasteiger partial charge in [0.05, 0.1) is 11.1 Å². The zero-order chi connectivity index (χ0) is 12.6. The molecule has 0 heterocycles. The molecule has 1 aromatic rings. The number of benzene rings is 1. The van der Waals surface area contributed by atoms with Crippen LogP contribution in [0.25, 0.3) is 0 Å². The first kappa shape index (κ1) is 12.5. The van der Waals surface area contributed by atoms with E-state index < -0.39 is 11.5 Å². The maximum atomic E-state index is 13.4. The quantitative estimate of drug-likeness (QED) is 0.850. The summed E-state index contributed by atoms with van der Waals surface area (Å²) in [6.45, 7) is 2.03. The van der Waals surface area contributed by atoms with Crippen molar-refractivity contribution < 1.29 is 13.9 Å². The fourth-order valence-electron chi connectivity index (χ4n) is 2.12. The minimum Gasteiger partial charge on any atom is -0.465 e. The number of carbonyl (C=O) groups excluding carboxylic acids is 1. The van der Waals surface area contributed by atoms with Crippen LogP contribution in [0.5, 0.6) is 0 Å². The molecule has 0 bridgehead atoms. The molecule has 1 aliphatic carbocycles. The van der Waals surface area contributed by atoms with Gasteiger partial charge in [0.1, 0.15) is 11.4 Å². The van der Waals surface area contributed by atoms with Crippen molar-refractivity contribution in [3.63, 3.8) is 0 Å². The smallest absolute Gasteiger partial charge is 0.326 e. The molecular formula is C12H13BrFNO2. The Bertz CT molecular complexity index is 445. The van der Waals surface area contributed by atoms with Gasteiger partial charge in [-0.2, -0.15) is 0 Å². The van der Waals surface area contributed by atoms with E-state index in [4.69, 9.17) is 10.5 Å². The Labute approximate surface area is 107 Å². The van der Waals surface area contributed by atoms with Gasteiger partial charge in [0.2, 0.25) is 0 Å². The Morgan fingerprint density at radius 3 is 2.71 bits per heavy atom. The Hall–Kier alpha value is -0.940. The Morgan fingerprint density at radius 2 is 2.12 bits per heavy atom. The predicted octanol–water partition coefficient (Wildman–Crippen LogP) is 1.95. The molecule has 0 spiro atoms. The molecule has 1 atom stereocenters. The van der Waals surface area contributed by atoms with Crippen LogP contribution in [-0.2, 0) is 22.4 Å². The average Bonchev–Trinajstić information content (AvgIpc) is 2.57. The molecule has 0 saturated carbocycles. The van der Waals surface area contributed by atoms with Gasteiger partial charge in [-0.25, -0.2) is 4.39 Å². The van der Waals surface area contributed by atoms with Gasteiger partial charge in [0.25, 0.3) is 0 Å². The SMILES string of the molecule is CCOC(=O)C1(N)Cc2cc(F)c(Br)cc2C1. The van der Waals surface area contributed by atoms with Crippen LogP contribution < -0.4 is 5.73 Å². The molecule has 92 valence electrons. The Kier molecular flexibility index (Phi) is 3.23. The zero-order valence-electron chi connectivity index (χ0n) is 9.43. The third kappa shape index (κ3) is 2.21. The molecule has 1 aromatic carbocycles. The zero-order valence-corrected chi connectivity index (χ0v) is 11.0. The van der Waals surface area contributed by atoms with Crippen molar-refractivity contribution in [1.29, 1.82) is 0 Å². The number of fused-ring (bicyclic) bond motifs is 1. The molecule has 2 N–H and O–H groups in total. The number of nitrogens with two attached hydrogens (primary N) is 1. The molecular weight excluding hydrogens is 289 g/mol. The van der Waals surface area contributed by atoms with Crippen molar-refractivity contribution in [2.24, 2.45) is 5.73 Å². The van der Waals surface area contributed by atoms with Crippen LogP contribution in [0.3, 0.4) is 0 Å². The van der Waals surface area contributed by atoms with E-state index in [0.717, 1.165) is 11.1 Å². The lowest BCUT2D eigenvalue weighted by atomic mass is 9.98. The fourth-order valence-corrected chi connectivity index (χ4v) is 2.51. The predicted molar refractivity (Wildman–Crippen MR) is 65.1 cm³/mol. The lowest BCUT2D eigenvalue weighted by Crippen LogP contribution is -2.50. The van der Waals surface area contributed by atoms with E-state index in [1.54, 1.807) is 13.0 Å². The molecule has 2 rings (SSSR count). The minimum atomic E-state index is -1.05. The summed E-state index contributed by atoms with van der Waals surface area (Å²) < 4.78 is 18.7. The summed E-state index contributed by atoms with van der Waals surface area (Å²) in [4.78, 5) is 11.8. The number of halogens is 2. The molecule has 0 saturated heterocycles. The molecule has 17 heavy (non-hydrogen) atoms. The van der Waals surface area contributed by atoms with Crippen LogP contribution in [0, 0.1) is 5.82 Å². The minimum absolute atomic E-state index is 0.298. The molecule has 0 fully saturated rings. The van der Waals surface area contributed by atoms with Crippen molar-refractivity contribution in [1.82, 2.24) is 0 Å². The molecule has 3 nitrogen and oxygen atoms in total. The van der Waals surface area contributed by atoms with Crippen molar-refractivity contribution in [2.45, 2.75) is 25.3 Å². The highest BCUT2D eigenvalue weighted by atomic mass is 79.9. The summed E-state index contributed by atoms with van der Waals surface area (Å²) in [6.07, 6.45) is 0.714. The van der Waals surface area contributed by atoms with Gasteiger partial charge in [0, 0.05) is 12.8 Å². The second-order valence-corrected chi connectivity index (χ2v) is 5.12. The molecule has 0 radical (unpaired) electrons. The third-order valence-electron chi connectivity index (χ3n) is 2.94. The normalized spacial score (nSPS) is 22.4. The van der Waals surface area contributed by atoms with E-state index in [0.29, 0.717) is 23.9 Å². The molecule has 0 aliphatic heterocycles. The van der Waals surface area contributed by atoms with E-state index in [1.807, 2.05) is 0 Å². The average molecular weight is 302 g/mol. The number of carbonyl (C=O) groups is 1. The summed E-state index contributed by atoms with van der Waals surface area (Å²) in [5, 5.41) is 0. The third-order valence-corrected chi connectivity index (χ3v) is 3.54. The maximum absolute atomic E-state index is 13.4. The van der Waals surface area contributed by atoms with Gasteiger partial charge in [-0.05, 0) is 46.1 Å². The van der Waals surface area contributed by atoms with Gasteiger partial charge in [0.15, 0.2) is 0 Å². The van der Waals surface area contributed by atoms with Gasteiger partial charge < -0.3 is 10.5 Å². The van der Waals surface area contributed by atoms with E-state index in [9.17, 15) is 9.18 Å². The topological polar surface area (TPSA) is 52.3 Å². The first-order valence-electron chi connectivity index (χ1n) is 5.39. The maximum Gasteiger partial charge on any atom is 0.326 e. The number of rotatable bonds is 2. The second-order valence-electron chi connectivity index (χ2n) is 4.27. The van der Waals surface area contributed by atoms with Crippen molar-refractivity contribution in [3.05, 3.63) is 33.5 Å². The monoisotopic (exact) mass is 301 g/mol. The standard InChI is InChI=1S/C12H13BrFNO2/c1-2-17-11(16)12(15)5-7-3-9(13)10(14)4-8(7)6-12/h3-4H,2,5-6,15H2,1H3. The van der Waals surface area contributed by atoms with Gasteiger partial charge in [-0.3, -0.25) is 4.79 Å². The lowest BCUT2D eigenvalue weighted by Gasteiger charge is -2.20. The molecule has 5 heteroatoms. The Morgan fingerprint density at radius 1 is 1.53 bits per heavy atom. The first-order valence-corrected chi connectivity index (χ1v) is 6.18. The van der Waals surface area contributed by atoms with Crippen LogP contribution in [0.15, 0.2) is 16.6 Å². The van der Waals surface area contributed by atoms with Crippen LogP contribution >= 0.6 is 15.9 Å². The van der Waals surface area contributed by atoms with E-state index in [1.165, 1.54) is 6.07 Å². The second kappa shape index (κ2) is 4.38. The van der Waals surface area contributed by atoms with Crippen LogP contribution in [-0.4, -0.2) is 18.1 Å². The lowest BCUT2D eigenvalue weighted by molar-refractivity contribution is -0.149. The molecule has 1 aliphatic rings. The number of esters is 1. The van der Waals surface area contributed by atoms with Gasteiger partial charge in [-0.15, -0.1) is 0 Å². The van der Waals surface area contributed by atoms with Gasteiger partial charge >= 0.3 is 5.97 Å². The Balaban J connectivity index is 2.29. The van der Waals surface area contributed by atoms with Crippen molar-refractivity contribution in [3.8, 4) is 0 Å². The van der Waals surface area contributed by atoms with Crippen LogP contribution in [0.1, 0.15) is 18.1 Å².